The summed E-state index contributed by atoms with van der Waals surface area (Å²) in [7, 11) is 2.14. The predicted octanol–water partition coefficient (Wildman–Crippen LogP) is 2.22. The third kappa shape index (κ3) is 3.78. The molecule has 2 heterocycles. The van der Waals surface area contributed by atoms with Crippen LogP contribution in [0.15, 0.2) is 12.1 Å². The molecule has 0 bridgehead atoms. The number of rotatable bonds is 4. The molecule has 0 atom stereocenters. The molecular weight excluding hydrogens is 256 g/mol. The van der Waals surface area contributed by atoms with Crippen molar-refractivity contribution < 1.29 is 4.79 Å². The lowest BCUT2D eigenvalue weighted by Gasteiger charge is -2.32. The molecule has 0 spiro atoms. The maximum absolute atomic E-state index is 11.9. The average molecular weight is 273 g/mol. The zero-order valence-electron chi connectivity index (χ0n) is 9.99. The Bertz CT molecular complexity index is 386. The molecule has 1 aliphatic rings. The minimum absolute atomic E-state index is 0.209. The Balaban J connectivity index is 1.76. The summed E-state index contributed by atoms with van der Waals surface area (Å²) in [6.45, 7) is 5.18. The Hall–Kier alpha value is -0.420. The van der Waals surface area contributed by atoms with Crippen molar-refractivity contribution in [2.24, 2.45) is 0 Å². The first-order chi connectivity index (χ1) is 8.15. The maximum Gasteiger partial charge on any atom is 0.174 e. The lowest BCUT2D eigenvalue weighted by Crippen LogP contribution is -2.44. The number of hydrogen-bond donors (Lipinski definition) is 0. The second-order valence-electron chi connectivity index (χ2n) is 4.42. The van der Waals surface area contributed by atoms with E-state index in [1.807, 2.05) is 6.07 Å². The van der Waals surface area contributed by atoms with Crippen molar-refractivity contribution in [2.45, 2.75) is 6.42 Å². The van der Waals surface area contributed by atoms with Crippen molar-refractivity contribution in [1.29, 1.82) is 0 Å². The molecule has 3 nitrogen and oxygen atoms in total. The Kier molecular flexibility index (Phi) is 4.56. The van der Waals surface area contributed by atoms with Crippen LogP contribution in [0, 0.1) is 0 Å². The molecule has 2 rings (SSSR count). The Morgan fingerprint density at radius 2 is 2.06 bits per heavy atom. The molecule has 1 fully saturated rings. The molecule has 0 aromatic carbocycles. The first-order valence-corrected chi connectivity index (χ1v) is 7.04. The van der Waals surface area contributed by atoms with E-state index < -0.39 is 0 Å². The minimum Gasteiger partial charge on any atom is -0.304 e. The van der Waals surface area contributed by atoms with Gasteiger partial charge in [0.15, 0.2) is 5.78 Å². The van der Waals surface area contributed by atoms with Crippen LogP contribution in [-0.2, 0) is 0 Å². The largest absolute Gasteiger partial charge is 0.304 e. The van der Waals surface area contributed by atoms with E-state index in [9.17, 15) is 4.79 Å². The molecule has 0 aliphatic carbocycles. The van der Waals surface area contributed by atoms with Crippen molar-refractivity contribution in [1.82, 2.24) is 9.80 Å². The van der Waals surface area contributed by atoms with Crippen LogP contribution in [0.5, 0.6) is 0 Å². The first kappa shape index (κ1) is 13.0. The number of likely N-dealkylation sites (N-methyl/N-ethyl adjacent to an activating group) is 1. The van der Waals surface area contributed by atoms with Crippen molar-refractivity contribution >= 4 is 28.7 Å². The highest BCUT2D eigenvalue weighted by atomic mass is 35.5. The average Bonchev–Trinajstić information content (AvgIpc) is 2.75. The fraction of sp³-hybridized carbons (Fsp3) is 0.583. The summed E-state index contributed by atoms with van der Waals surface area (Å²) in [4.78, 5) is 17.3. The zero-order valence-corrected chi connectivity index (χ0v) is 11.6. The van der Waals surface area contributed by atoms with E-state index in [0.29, 0.717) is 10.8 Å². The number of nitrogens with zero attached hydrogens (tertiary/aromatic N) is 2. The van der Waals surface area contributed by atoms with Gasteiger partial charge in [0.25, 0.3) is 0 Å². The van der Waals surface area contributed by atoms with E-state index in [1.54, 1.807) is 6.07 Å². The summed E-state index contributed by atoms with van der Waals surface area (Å²) in [5.41, 5.74) is 0. The Morgan fingerprint density at radius 3 is 2.65 bits per heavy atom. The van der Waals surface area contributed by atoms with Crippen molar-refractivity contribution in [3.05, 3.63) is 21.3 Å². The number of ketones is 1. The van der Waals surface area contributed by atoms with Gasteiger partial charge in [0.05, 0.1) is 9.21 Å². The zero-order chi connectivity index (χ0) is 12.3. The van der Waals surface area contributed by atoms with Gasteiger partial charge in [-0.25, -0.2) is 0 Å². The number of Topliss-reactive ketones (excluding diaryl/α,β-unsaturated/α-hetero) is 1. The maximum atomic E-state index is 11.9. The highest BCUT2D eigenvalue weighted by molar-refractivity contribution is 7.18. The van der Waals surface area contributed by atoms with Gasteiger partial charge in [-0.05, 0) is 19.2 Å². The van der Waals surface area contributed by atoms with Crippen LogP contribution < -0.4 is 0 Å². The van der Waals surface area contributed by atoms with Gasteiger partial charge in [-0.2, -0.15) is 0 Å². The van der Waals surface area contributed by atoms with Gasteiger partial charge < -0.3 is 9.80 Å². The van der Waals surface area contributed by atoms with Crippen LogP contribution in [0.3, 0.4) is 0 Å². The number of piperazine rings is 1. The minimum atomic E-state index is 0.209. The summed E-state index contributed by atoms with van der Waals surface area (Å²) < 4.78 is 0.688. The van der Waals surface area contributed by atoms with E-state index in [4.69, 9.17) is 11.6 Å². The molecule has 0 N–H and O–H groups in total. The Labute approximate surface area is 111 Å². The molecule has 5 heteroatoms. The molecule has 1 aliphatic heterocycles. The number of carbonyl (C=O) groups is 1. The van der Waals surface area contributed by atoms with Gasteiger partial charge >= 0.3 is 0 Å². The molecule has 94 valence electrons. The van der Waals surface area contributed by atoms with E-state index in [2.05, 4.69) is 16.8 Å². The standard InChI is InChI=1S/C12H17ClN2OS/c1-14-6-8-15(9-7-14)5-4-10(16)11-2-3-12(13)17-11/h2-3H,4-9H2,1H3. The molecule has 1 aromatic rings. The summed E-state index contributed by atoms with van der Waals surface area (Å²) in [5, 5.41) is 0. The third-order valence-corrected chi connectivity index (χ3v) is 4.37. The van der Waals surface area contributed by atoms with E-state index in [0.717, 1.165) is 37.6 Å². The smallest absolute Gasteiger partial charge is 0.174 e. The topological polar surface area (TPSA) is 23.6 Å². The Morgan fingerprint density at radius 1 is 1.35 bits per heavy atom. The molecule has 0 radical (unpaired) electrons. The van der Waals surface area contributed by atoms with E-state index in [1.165, 1.54) is 11.3 Å². The van der Waals surface area contributed by atoms with Crippen molar-refractivity contribution in [3.63, 3.8) is 0 Å². The molecule has 17 heavy (non-hydrogen) atoms. The molecule has 1 saturated heterocycles. The molecule has 1 aromatic heterocycles. The number of hydrogen-bond acceptors (Lipinski definition) is 4. The fourth-order valence-corrected chi connectivity index (χ4v) is 2.93. The molecular formula is C12H17ClN2OS. The molecule has 0 saturated carbocycles. The summed E-state index contributed by atoms with van der Waals surface area (Å²) in [6, 6.07) is 3.61. The normalized spacial score (nSPS) is 18.5. The predicted molar refractivity (Wildman–Crippen MR) is 72.2 cm³/mol. The fourth-order valence-electron chi connectivity index (χ4n) is 1.92. The van der Waals surface area contributed by atoms with Gasteiger partial charge in [0.2, 0.25) is 0 Å². The second-order valence-corrected chi connectivity index (χ2v) is 6.14. The highest BCUT2D eigenvalue weighted by Crippen LogP contribution is 2.22. The lowest BCUT2D eigenvalue weighted by atomic mass is 10.2. The van der Waals surface area contributed by atoms with Crippen molar-refractivity contribution in [2.75, 3.05) is 39.8 Å². The third-order valence-electron chi connectivity index (χ3n) is 3.10. The highest BCUT2D eigenvalue weighted by Gasteiger charge is 2.15. The first-order valence-electron chi connectivity index (χ1n) is 5.84. The monoisotopic (exact) mass is 272 g/mol. The lowest BCUT2D eigenvalue weighted by molar-refractivity contribution is 0.0945. The van der Waals surface area contributed by atoms with Gasteiger partial charge in [-0.3, -0.25) is 4.79 Å². The van der Waals surface area contributed by atoms with Gasteiger partial charge in [0.1, 0.15) is 0 Å². The number of thiophene rings is 1. The van der Waals surface area contributed by atoms with Gasteiger partial charge in [0, 0.05) is 39.1 Å². The molecule has 0 amide bonds. The van der Waals surface area contributed by atoms with Crippen LogP contribution in [-0.4, -0.2) is 55.4 Å². The summed E-state index contributed by atoms with van der Waals surface area (Å²) >= 11 is 7.19. The number of carbonyl (C=O) groups excluding carboxylic acids is 1. The van der Waals surface area contributed by atoms with Crippen LogP contribution in [0.4, 0.5) is 0 Å². The van der Waals surface area contributed by atoms with Crippen molar-refractivity contribution in [3.8, 4) is 0 Å². The SMILES string of the molecule is CN1CCN(CCC(=O)c2ccc(Cl)s2)CC1. The van der Waals surface area contributed by atoms with Crippen LogP contribution in [0.1, 0.15) is 16.1 Å². The van der Waals surface area contributed by atoms with Gasteiger partial charge in [-0.1, -0.05) is 11.6 Å². The van der Waals surface area contributed by atoms with Gasteiger partial charge in [-0.15, -0.1) is 11.3 Å². The van der Waals surface area contributed by atoms with Crippen LogP contribution >= 0.6 is 22.9 Å². The molecule has 0 unspecified atom stereocenters. The summed E-state index contributed by atoms with van der Waals surface area (Å²) in [6.07, 6.45) is 0.598. The van der Waals surface area contributed by atoms with E-state index in [-0.39, 0.29) is 5.78 Å². The second kappa shape index (κ2) is 5.96. The summed E-state index contributed by atoms with van der Waals surface area (Å²) in [5.74, 6) is 0.209. The van der Waals surface area contributed by atoms with E-state index >= 15 is 0 Å². The van der Waals surface area contributed by atoms with Crippen LogP contribution in [0.2, 0.25) is 4.34 Å². The van der Waals surface area contributed by atoms with Crippen LogP contribution in [0.25, 0.3) is 0 Å². The number of halogens is 1. The quantitative estimate of drug-likeness (QED) is 0.786.